The summed E-state index contributed by atoms with van der Waals surface area (Å²) in [5.41, 5.74) is 0.756. The molecule has 2 atom stereocenters. The minimum absolute atomic E-state index is 0.0779. The third-order valence-electron chi connectivity index (χ3n) is 3.67. The first kappa shape index (κ1) is 16.0. The van der Waals surface area contributed by atoms with Gasteiger partial charge in [0.15, 0.2) is 0 Å². The fourth-order valence-electron chi connectivity index (χ4n) is 2.62. The highest BCUT2D eigenvalue weighted by Crippen LogP contribution is 2.24. The number of halogens is 1. The van der Waals surface area contributed by atoms with E-state index in [0.717, 1.165) is 16.7 Å². The molecule has 1 saturated heterocycles. The number of rotatable bonds is 4. The van der Waals surface area contributed by atoms with Gasteiger partial charge in [0, 0.05) is 23.2 Å². The Morgan fingerprint density at radius 1 is 1.43 bits per heavy atom. The van der Waals surface area contributed by atoms with Gasteiger partial charge in [0.25, 0.3) is 0 Å². The number of nitrogens with one attached hydrogen (secondary N) is 1. The molecule has 1 aromatic carbocycles. The minimum atomic E-state index is -0.197. The van der Waals surface area contributed by atoms with Crippen LogP contribution in [0.25, 0.3) is 0 Å². The molecule has 0 aliphatic carbocycles. The Kier molecular flexibility index (Phi) is 5.36. The Morgan fingerprint density at radius 3 is 2.86 bits per heavy atom. The number of benzene rings is 1. The number of esters is 1. The van der Waals surface area contributed by atoms with Gasteiger partial charge >= 0.3 is 5.97 Å². The molecule has 5 nitrogen and oxygen atoms in total. The van der Waals surface area contributed by atoms with E-state index in [1.54, 1.807) is 0 Å². The molecule has 0 radical (unpaired) electrons. The predicted molar refractivity (Wildman–Crippen MR) is 83.9 cm³/mol. The fraction of sp³-hybridized carbons (Fsp3) is 0.467. The normalized spacial score (nSPS) is 22.0. The molecule has 0 saturated carbocycles. The first-order valence-corrected chi connectivity index (χ1v) is 7.64. The van der Waals surface area contributed by atoms with E-state index in [2.05, 4.69) is 21.2 Å². The summed E-state index contributed by atoms with van der Waals surface area (Å²) in [5, 5.41) is 2.86. The summed E-state index contributed by atoms with van der Waals surface area (Å²) < 4.78 is 5.71. The monoisotopic (exact) mass is 354 g/mol. The summed E-state index contributed by atoms with van der Waals surface area (Å²) in [6.07, 6.45) is 0. The predicted octanol–water partition coefficient (Wildman–Crippen LogP) is 2.13. The van der Waals surface area contributed by atoms with Crippen molar-refractivity contribution in [3.8, 4) is 0 Å². The van der Waals surface area contributed by atoms with Gasteiger partial charge in [-0.25, -0.2) is 0 Å². The first-order valence-electron chi connectivity index (χ1n) is 6.85. The van der Waals surface area contributed by atoms with Crippen LogP contribution in [0.4, 0.5) is 5.69 Å². The molecular formula is C15H19BrN2O3. The summed E-state index contributed by atoms with van der Waals surface area (Å²) in [7, 11) is 1.40. The summed E-state index contributed by atoms with van der Waals surface area (Å²) in [4.78, 5) is 25.7. The van der Waals surface area contributed by atoms with E-state index < -0.39 is 0 Å². The Hall–Kier alpha value is -1.40. The largest absolute Gasteiger partial charge is 0.469 e. The maximum Gasteiger partial charge on any atom is 0.310 e. The number of hydrogen-bond donors (Lipinski definition) is 1. The smallest absolute Gasteiger partial charge is 0.310 e. The molecule has 0 spiro atoms. The number of amides is 1. The van der Waals surface area contributed by atoms with Crippen LogP contribution in [-0.4, -0.2) is 43.5 Å². The number of nitrogens with zero attached hydrogens (tertiary/aromatic N) is 1. The van der Waals surface area contributed by atoms with E-state index in [-0.39, 0.29) is 30.3 Å². The number of ether oxygens (including phenoxy) is 1. The van der Waals surface area contributed by atoms with E-state index in [0.29, 0.717) is 6.54 Å². The standard InChI is InChI=1S/C15H19BrN2O3/c1-10-7-18(8-13(10)15(20)21-2)9-14(19)17-12-5-3-4-11(16)6-12/h3-6,10,13H,7-9H2,1-2H3,(H,17,19). The van der Waals surface area contributed by atoms with Crippen molar-refractivity contribution in [1.29, 1.82) is 0 Å². The van der Waals surface area contributed by atoms with Gasteiger partial charge in [-0.1, -0.05) is 28.9 Å². The van der Waals surface area contributed by atoms with E-state index in [9.17, 15) is 9.59 Å². The lowest BCUT2D eigenvalue weighted by Crippen LogP contribution is -2.32. The molecule has 1 fully saturated rings. The average Bonchev–Trinajstić information content (AvgIpc) is 2.78. The van der Waals surface area contributed by atoms with Crippen LogP contribution in [0.5, 0.6) is 0 Å². The van der Waals surface area contributed by atoms with Gasteiger partial charge in [0.2, 0.25) is 5.91 Å². The van der Waals surface area contributed by atoms with Crippen LogP contribution in [0.3, 0.4) is 0 Å². The van der Waals surface area contributed by atoms with Gasteiger partial charge < -0.3 is 10.1 Å². The topological polar surface area (TPSA) is 58.6 Å². The number of methoxy groups -OCH3 is 1. The molecule has 114 valence electrons. The SMILES string of the molecule is COC(=O)C1CN(CC(=O)Nc2cccc(Br)c2)CC1C. The zero-order valence-corrected chi connectivity index (χ0v) is 13.7. The second-order valence-electron chi connectivity index (χ2n) is 5.36. The molecular weight excluding hydrogens is 336 g/mol. The van der Waals surface area contributed by atoms with Crippen LogP contribution in [0.15, 0.2) is 28.7 Å². The maximum absolute atomic E-state index is 12.0. The third-order valence-corrected chi connectivity index (χ3v) is 4.16. The first-order chi connectivity index (χ1) is 9.99. The summed E-state index contributed by atoms with van der Waals surface area (Å²) in [6, 6.07) is 7.46. The van der Waals surface area contributed by atoms with Crippen molar-refractivity contribution in [2.75, 3.05) is 32.1 Å². The van der Waals surface area contributed by atoms with Crippen molar-refractivity contribution in [1.82, 2.24) is 4.90 Å². The second-order valence-corrected chi connectivity index (χ2v) is 6.28. The minimum Gasteiger partial charge on any atom is -0.469 e. The van der Waals surface area contributed by atoms with Crippen LogP contribution in [0, 0.1) is 11.8 Å². The lowest BCUT2D eigenvalue weighted by atomic mass is 9.99. The van der Waals surface area contributed by atoms with Crippen LogP contribution in [0.1, 0.15) is 6.92 Å². The van der Waals surface area contributed by atoms with Crippen molar-refractivity contribution in [3.05, 3.63) is 28.7 Å². The summed E-state index contributed by atoms with van der Waals surface area (Å²) in [6.45, 7) is 3.59. The number of carbonyl (C=O) groups excluding carboxylic acids is 2. The summed E-state index contributed by atoms with van der Waals surface area (Å²) in [5.74, 6) is -0.215. The molecule has 1 heterocycles. The van der Waals surface area contributed by atoms with Crippen molar-refractivity contribution in [2.24, 2.45) is 11.8 Å². The molecule has 2 unspecified atom stereocenters. The lowest BCUT2D eigenvalue weighted by molar-refractivity contribution is -0.146. The van der Waals surface area contributed by atoms with Crippen LogP contribution in [-0.2, 0) is 14.3 Å². The molecule has 1 aliphatic heterocycles. The van der Waals surface area contributed by atoms with E-state index in [4.69, 9.17) is 4.74 Å². The molecule has 1 aromatic rings. The second kappa shape index (κ2) is 7.04. The van der Waals surface area contributed by atoms with Crippen LogP contribution in [0.2, 0.25) is 0 Å². The third kappa shape index (κ3) is 4.28. The Labute approximate surface area is 132 Å². The number of likely N-dealkylation sites (tertiary alicyclic amines) is 1. The van der Waals surface area contributed by atoms with Gasteiger partial charge in [0.05, 0.1) is 19.6 Å². The van der Waals surface area contributed by atoms with Crippen LogP contribution < -0.4 is 5.32 Å². The van der Waals surface area contributed by atoms with Gasteiger partial charge in [-0.05, 0) is 24.1 Å². The van der Waals surface area contributed by atoms with E-state index in [1.165, 1.54) is 7.11 Å². The van der Waals surface area contributed by atoms with Crippen LogP contribution >= 0.6 is 15.9 Å². The molecule has 1 aliphatic rings. The van der Waals surface area contributed by atoms with Crippen molar-refractivity contribution in [2.45, 2.75) is 6.92 Å². The van der Waals surface area contributed by atoms with Gasteiger partial charge in [-0.3, -0.25) is 14.5 Å². The Balaban J connectivity index is 1.88. The maximum atomic E-state index is 12.0. The summed E-state index contributed by atoms with van der Waals surface area (Å²) >= 11 is 3.37. The molecule has 6 heteroatoms. The quantitative estimate of drug-likeness (QED) is 0.841. The van der Waals surface area contributed by atoms with Crippen molar-refractivity contribution in [3.63, 3.8) is 0 Å². The molecule has 0 bridgehead atoms. The highest BCUT2D eigenvalue weighted by Gasteiger charge is 2.36. The highest BCUT2D eigenvalue weighted by atomic mass is 79.9. The molecule has 0 aromatic heterocycles. The van der Waals surface area contributed by atoms with Gasteiger partial charge in [0.1, 0.15) is 0 Å². The average molecular weight is 355 g/mol. The molecule has 1 N–H and O–H groups in total. The fourth-order valence-corrected chi connectivity index (χ4v) is 3.02. The number of carbonyl (C=O) groups is 2. The van der Waals surface area contributed by atoms with Gasteiger partial charge in [-0.2, -0.15) is 0 Å². The zero-order chi connectivity index (χ0) is 15.4. The highest BCUT2D eigenvalue weighted by molar-refractivity contribution is 9.10. The van der Waals surface area contributed by atoms with E-state index in [1.807, 2.05) is 36.1 Å². The lowest BCUT2D eigenvalue weighted by Gasteiger charge is -2.15. The van der Waals surface area contributed by atoms with E-state index >= 15 is 0 Å². The molecule has 1 amide bonds. The van der Waals surface area contributed by atoms with Gasteiger partial charge in [-0.15, -0.1) is 0 Å². The number of anilines is 1. The van der Waals surface area contributed by atoms with Crippen molar-refractivity contribution < 1.29 is 14.3 Å². The zero-order valence-electron chi connectivity index (χ0n) is 12.1. The molecule has 2 rings (SSSR count). The Morgan fingerprint density at radius 2 is 2.19 bits per heavy atom. The Bertz CT molecular complexity index is 535. The number of hydrogen-bond acceptors (Lipinski definition) is 4. The molecule has 21 heavy (non-hydrogen) atoms. The van der Waals surface area contributed by atoms with Crippen molar-refractivity contribution >= 4 is 33.5 Å².